The summed E-state index contributed by atoms with van der Waals surface area (Å²) >= 11 is 0. The van der Waals surface area contributed by atoms with Crippen LogP contribution < -0.4 is 5.73 Å². The van der Waals surface area contributed by atoms with Crippen LogP contribution in [0.15, 0.2) is 11.6 Å². The van der Waals surface area contributed by atoms with Crippen molar-refractivity contribution in [3.05, 3.63) is 11.6 Å². The van der Waals surface area contributed by atoms with Crippen LogP contribution in [0.2, 0.25) is 0 Å². The van der Waals surface area contributed by atoms with Gasteiger partial charge in [0, 0.05) is 43.8 Å². The zero-order valence-corrected chi connectivity index (χ0v) is 34.9. The van der Waals surface area contributed by atoms with Crippen molar-refractivity contribution in [1.82, 2.24) is 4.90 Å². The van der Waals surface area contributed by atoms with Crippen LogP contribution in [0.4, 0.5) is 0 Å². The van der Waals surface area contributed by atoms with E-state index in [1.165, 1.54) is 0 Å². The highest BCUT2D eigenvalue weighted by atomic mass is 16.7. The Morgan fingerprint density at radius 1 is 0.845 bits per heavy atom. The molecule has 19 atom stereocenters. The molecule has 2 unspecified atom stereocenters. The minimum Gasteiger partial charge on any atom is -0.458 e. The Balaban J connectivity index is 0.823. The smallest absolute Gasteiger partial charge is 0.331 e. The van der Waals surface area contributed by atoms with Gasteiger partial charge in [-0.15, -0.1) is 0 Å². The van der Waals surface area contributed by atoms with E-state index in [4.69, 9.17) is 38.9 Å². The van der Waals surface area contributed by atoms with Gasteiger partial charge in [-0.2, -0.15) is 0 Å². The average molecular weight is 821 g/mol. The second kappa shape index (κ2) is 16.5. The number of hydrogen-bond acceptors (Lipinski definition) is 14. The molecule has 0 aromatic rings. The fourth-order valence-electron chi connectivity index (χ4n) is 13.2. The first-order valence-corrected chi connectivity index (χ1v) is 22.1. The molecule has 8 rings (SSSR count). The number of amides is 1. The summed E-state index contributed by atoms with van der Waals surface area (Å²) < 4.78 is 42.9. The second-order valence-corrected chi connectivity index (χ2v) is 19.6. The molecule has 0 aromatic carbocycles. The van der Waals surface area contributed by atoms with Crippen molar-refractivity contribution in [2.24, 2.45) is 40.2 Å². The van der Waals surface area contributed by atoms with Crippen LogP contribution in [0.1, 0.15) is 105 Å². The summed E-state index contributed by atoms with van der Waals surface area (Å²) in [5.74, 6) is -0.177. The van der Waals surface area contributed by atoms with Crippen molar-refractivity contribution >= 4 is 11.9 Å². The number of fused-ring (bicyclic) bond motifs is 5. The summed E-state index contributed by atoms with van der Waals surface area (Å²) in [4.78, 5) is 25.4. The fourth-order valence-corrected chi connectivity index (χ4v) is 13.2. The molecule has 6 N–H and O–H groups in total. The number of carbonyl (C=O) groups excluding carboxylic acids is 2. The van der Waals surface area contributed by atoms with Gasteiger partial charge in [0.25, 0.3) is 0 Å². The monoisotopic (exact) mass is 820 g/mol. The van der Waals surface area contributed by atoms with Crippen LogP contribution in [0.25, 0.3) is 0 Å². The number of nitrogens with two attached hydrogens (primary N) is 1. The number of esters is 1. The molecule has 4 heterocycles. The number of primary amides is 1. The molecule has 3 saturated heterocycles. The van der Waals surface area contributed by atoms with Crippen molar-refractivity contribution in [3.63, 3.8) is 0 Å². The highest BCUT2D eigenvalue weighted by Crippen LogP contribution is 2.70. The van der Waals surface area contributed by atoms with E-state index in [-0.39, 0.29) is 67.3 Å². The molecule has 0 radical (unpaired) electrons. The van der Waals surface area contributed by atoms with Gasteiger partial charge in [-0.25, -0.2) is 4.79 Å². The van der Waals surface area contributed by atoms with E-state index in [1.54, 1.807) is 6.08 Å². The first-order valence-electron chi connectivity index (χ1n) is 22.1. The maximum atomic E-state index is 12.6. The molecular formula is C43H68N2O13. The second-order valence-electron chi connectivity index (χ2n) is 19.6. The topological polar surface area (TPSA) is 209 Å². The third-order valence-corrected chi connectivity index (χ3v) is 16.2. The summed E-state index contributed by atoms with van der Waals surface area (Å²) in [6.07, 6.45) is 1.95. The lowest BCUT2D eigenvalue weighted by Crippen LogP contribution is -2.67. The van der Waals surface area contributed by atoms with E-state index in [0.717, 1.165) is 44.1 Å². The van der Waals surface area contributed by atoms with Crippen molar-refractivity contribution in [3.8, 4) is 0 Å². The van der Waals surface area contributed by atoms with Gasteiger partial charge in [0.2, 0.25) is 5.91 Å². The highest BCUT2D eigenvalue weighted by Gasteiger charge is 2.71. The van der Waals surface area contributed by atoms with Crippen molar-refractivity contribution in [2.45, 2.75) is 185 Å². The molecular weight excluding hydrogens is 752 g/mol. The van der Waals surface area contributed by atoms with Gasteiger partial charge in [-0.05, 0) is 107 Å². The Hall–Kier alpha value is -1.76. The Labute approximate surface area is 342 Å². The van der Waals surface area contributed by atoms with E-state index in [1.807, 2.05) is 32.6 Å². The molecule has 8 aliphatic rings. The molecule has 4 aliphatic heterocycles. The molecule has 4 saturated carbocycles. The van der Waals surface area contributed by atoms with Gasteiger partial charge in [0.15, 0.2) is 18.9 Å². The Morgan fingerprint density at radius 3 is 2.16 bits per heavy atom. The largest absolute Gasteiger partial charge is 0.458 e. The lowest BCUT2D eigenvalue weighted by Gasteiger charge is -2.65. The third kappa shape index (κ3) is 7.82. The average Bonchev–Trinajstić information content (AvgIpc) is 3.64. The lowest BCUT2D eigenvalue weighted by molar-refractivity contribution is -0.329. The van der Waals surface area contributed by atoms with Crippen LogP contribution in [-0.4, -0.2) is 143 Å². The van der Waals surface area contributed by atoms with Crippen molar-refractivity contribution < 1.29 is 63.2 Å². The van der Waals surface area contributed by atoms with Crippen molar-refractivity contribution in [2.75, 3.05) is 26.2 Å². The fraction of sp³-hybridized carbons (Fsp3) is 0.907. The number of nitrogens with zero attached hydrogens (tertiary/aromatic N) is 1. The molecule has 1 amide bonds. The van der Waals surface area contributed by atoms with Gasteiger partial charge < -0.3 is 59.3 Å². The molecule has 0 aromatic heterocycles. The minimum absolute atomic E-state index is 0.0395. The normalized spacial score (nSPS) is 51.2. The zero-order chi connectivity index (χ0) is 41.3. The maximum absolute atomic E-state index is 12.6. The SMILES string of the molecule is CC1CN(CC(N)=O)CCC(O[C@H]2[C@@H](O)C[C@H](O[C@H]3[C@@H](O)C[C@H](O[C@H]4CC[C@@]5(C)[C@H](CC[C@@H]6[C@@H]5C[C@@H](O)[C@]5(C)[C@@H](C7=CC(=O)OC7)CC[C@]65O)C4)O[C@@H]3C)O[C@@H]2C)O1. The maximum Gasteiger partial charge on any atom is 0.331 e. The molecule has 15 nitrogen and oxygen atoms in total. The standard InChI is InChI=1S/C43H68N2O13/c1-22-19-45(20-34(44)49)13-10-36(53-22)57-39-23(2)55-38(18-32(39)47)58-40-24(3)54-37(17-31(40)46)56-27-8-11-41(4)26(15-27)6-7-29-30(41)16-33(48)42(5)28(9-12-43(29,42)51)25-14-35(50)52-21-25/h14,22-24,26-33,36-40,46-48,51H,6-13,15-21H2,1-5H3,(H2,44,49)/t22?,23-,24-,26-,27+,28-,29-,30+,31+,32+,33-,36?,37+,38+,39-,40-,41+,42+,43+/m1/s1. The van der Waals surface area contributed by atoms with E-state index < -0.39 is 78.5 Å². The number of cyclic esters (lactones) is 1. The highest BCUT2D eigenvalue weighted by molar-refractivity contribution is 5.85. The number of aliphatic hydroxyl groups excluding tert-OH is 3. The van der Waals surface area contributed by atoms with Crippen LogP contribution >= 0.6 is 0 Å². The molecule has 7 fully saturated rings. The summed E-state index contributed by atoms with van der Waals surface area (Å²) in [5, 5.41) is 47.0. The zero-order valence-electron chi connectivity index (χ0n) is 34.9. The summed E-state index contributed by atoms with van der Waals surface area (Å²) in [5.41, 5.74) is 4.51. The van der Waals surface area contributed by atoms with E-state index >= 15 is 0 Å². The van der Waals surface area contributed by atoms with Gasteiger partial charge >= 0.3 is 5.97 Å². The molecule has 0 bridgehead atoms. The van der Waals surface area contributed by atoms with Gasteiger partial charge in [-0.1, -0.05) is 13.8 Å². The predicted molar refractivity (Wildman–Crippen MR) is 206 cm³/mol. The van der Waals surface area contributed by atoms with Crippen LogP contribution in [-0.2, 0) is 42.7 Å². The first kappa shape index (κ1) is 42.9. The Bertz CT molecular complexity index is 1530. The molecule has 58 heavy (non-hydrogen) atoms. The minimum atomic E-state index is -1.01. The van der Waals surface area contributed by atoms with Gasteiger partial charge in [0.05, 0.1) is 54.9 Å². The first-order chi connectivity index (χ1) is 27.5. The lowest BCUT2D eigenvalue weighted by atomic mass is 9.42. The third-order valence-electron chi connectivity index (χ3n) is 16.2. The number of hydrogen-bond donors (Lipinski definition) is 5. The molecule has 0 spiro atoms. The molecule has 328 valence electrons. The Kier molecular flexibility index (Phi) is 12.2. The van der Waals surface area contributed by atoms with E-state index in [9.17, 15) is 30.0 Å². The summed E-state index contributed by atoms with van der Waals surface area (Å²) in [7, 11) is 0. The van der Waals surface area contributed by atoms with Crippen molar-refractivity contribution in [1.29, 1.82) is 0 Å². The molecule has 4 aliphatic carbocycles. The number of ether oxygens (including phenoxy) is 7. The summed E-state index contributed by atoms with van der Waals surface area (Å²) in [6, 6.07) is 0. The summed E-state index contributed by atoms with van der Waals surface area (Å²) in [6.45, 7) is 11.5. The number of aliphatic hydroxyl groups is 4. The van der Waals surface area contributed by atoms with Crippen LogP contribution in [0.5, 0.6) is 0 Å². The van der Waals surface area contributed by atoms with Gasteiger partial charge in [-0.3, -0.25) is 9.69 Å². The van der Waals surface area contributed by atoms with Gasteiger partial charge in [0.1, 0.15) is 18.8 Å². The quantitative estimate of drug-likeness (QED) is 0.167. The van der Waals surface area contributed by atoms with Crippen LogP contribution in [0.3, 0.4) is 0 Å². The predicted octanol–water partition coefficient (Wildman–Crippen LogP) is 2.28. The number of rotatable bonds is 9. The Morgan fingerprint density at radius 2 is 1.52 bits per heavy atom. The van der Waals surface area contributed by atoms with E-state index in [0.29, 0.717) is 38.3 Å². The van der Waals surface area contributed by atoms with Crippen LogP contribution in [0, 0.1) is 34.5 Å². The van der Waals surface area contributed by atoms with E-state index in [2.05, 4.69) is 6.92 Å². The number of carbonyl (C=O) groups is 2. The molecule has 15 heteroatoms.